The standard InChI is InChI=1S/C11H15N5OS/c1-3-7-16-10(17)14-15-11(16)18-9-6-4-5-8(12-2)13-9/h4-6H,3,7H2,1-2H3,(H,12,13)(H,14,17). The van der Waals surface area contributed by atoms with E-state index in [1.807, 2.05) is 32.2 Å². The predicted octanol–water partition coefficient (Wildman–Crippen LogP) is 1.57. The fraction of sp³-hybridized carbons (Fsp3) is 0.364. The maximum absolute atomic E-state index is 11.5. The number of pyridine rings is 1. The van der Waals surface area contributed by atoms with Gasteiger partial charge in [-0.1, -0.05) is 13.0 Å². The molecule has 0 aliphatic heterocycles. The monoisotopic (exact) mass is 265 g/mol. The zero-order valence-electron chi connectivity index (χ0n) is 10.3. The lowest BCUT2D eigenvalue weighted by Crippen LogP contribution is -2.17. The van der Waals surface area contributed by atoms with Gasteiger partial charge in [-0.05, 0) is 30.3 Å². The Hall–Kier alpha value is -1.76. The summed E-state index contributed by atoms with van der Waals surface area (Å²) in [7, 11) is 1.82. The van der Waals surface area contributed by atoms with E-state index >= 15 is 0 Å². The first-order valence-corrected chi connectivity index (χ1v) is 6.54. The maximum atomic E-state index is 11.5. The fourth-order valence-corrected chi connectivity index (χ4v) is 2.36. The Morgan fingerprint density at radius 2 is 2.33 bits per heavy atom. The molecule has 2 aromatic rings. The summed E-state index contributed by atoms with van der Waals surface area (Å²) in [5, 5.41) is 10.9. The molecule has 0 unspecified atom stereocenters. The highest BCUT2D eigenvalue weighted by molar-refractivity contribution is 7.99. The molecule has 2 heterocycles. The molecule has 0 amide bonds. The highest BCUT2D eigenvalue weighted by atomic mass is 32.2. The summed E-state index contributed by atoms with van der Waals surface area (Å²) in [6, 6.07) is 5.69. The van der Waals surface area contributed by atoms with Crippen LogP contribution in [0, 0.1) is 0 Å². The van der Waals surface area contributed by atoms with Crippen molar-refractivity contribution in [2.24, 2.45) is 0 Å². The molecule has 0 aliphatic carbocycles. The maximum Gasteiger partial charge on any atom is 0.343 e. The molecule has 0 fully saturated rings. The molecule has 6 nitrogen and oxygen atoms in total. The zero-order chi connectivity index (χ0) is 13.0. The molecule has 0 spiro atoms. The van der Waals surface area contributed by atoms with Crippen LogP contribution in [0.2, 0.25) is 0 Å². The molecule has 0 bridgehead atoms. The van der Waals surface area contributed by atoms with Gasteiger partial charge in [-0.25, -0.2) is 14.9 Å². The molecule has 2 rings (SSSR count). The molecule has 7 heteroatoms. The number of nitrogens with zero attached hydrogens (tertiary/aromatic N) is 3. The molecular formula is C11H15N5OS. The summed E-state index contributed by atoms with van der Waals surface area (Å²) in [5.41, 5.74) is -0.177. The van der Waals surface area contributed by atoms with Gasteiger partial charge in [0.15, 0.2) is 5.16 Å². The normalized spacial score (nSPS) is 10.6. The van der Waals surface area contributed by atoms with E-state index in [0.29, 0.717) is 11.7 Å². The van der Waals surface area contributed by atoms with Crippen LogP contribution in [0.5, 0.6) is 0 Å². The molecule has 18 heavy (non-hydrogen) atoms. The van der Waals surface area contributed by atoms with Gasteiger partial charge in [0.2, 0.25) is 0 Å². The van der Waals surface area contributed by atoms with Crippen molar-refractivity contribution < 1.29 is 0 Å². The van der Waals surface area contributed by atoms with Crippen LogP contribution >= 0.6 is 11.8 Å². The highest BCUT2D eigenvalue weighted by Crippen LogP contribution is 2.24. The molecule has 0 saturated carbocycles. The number of hydrogen-bond acceptors (Lipinski definition) is 5. The molecule has 0 atom stereocenters. The van der Waals surface area contributed by atoms with Crippen LogP contribution in [0.3, 0.4) is 0 Å². The molecule has 0 saturated heterocycles. The van der Waals surface area contributed by atoms with Crippen LogP contribution in [0.25, 0.3) is 0 Å². The summed E-state index contributed by atoms with van der Waals surface area (Å²) in [5.74, 6) is 0.792. The van der Waals surface area contributed by atoms with Gasteiger partial charge in [0.1, 0.15) is 10.8 Å². The van der Waals surface area contributed by atoms with Crippen molar-refractivity contribution in [3.8, 4) is 0 Å². The first-order valence-electron chi connectivity index (χ1n) is 5.72. The van der Waals surface area contributed by atoms with Crippen molar-refractivity contribution in [3.63, 3.8) is 0 Å². The van der Waals surface area contributed by atoms with Crippen molar-refractivity contribution in [1.82, 2.24) is 19.7 Å². The summed E-state index contributed by atoms with van der Waals surface area (Å²) in [6.45, 7) is 2.68. The Balaban J connectivity index is 2.25. The fourth-order valence-electron chi connectivity index (χ4n) is 1.51. The largest absolute Gasteiger partial charge is 0.373 e. The topological polar surface area (TPSA) is 75.6 Å². The Labute approximate surface area is 109 Å². The predicted molar refractivity (Wildman–Crippen MR) is 71.0 cm³/mol. The second-order valence-electron chi connectivity index (χ2n) is 3.68. The van der Waals surface area contributed by atoms with Crippen LogP contribution in [0.15, 0.2) is 33.2 Å². The van der Waals surface area contributed by atoms with E-state index in [4.69, 9.17) is 0 Å². The molecule has 96 valence electrons. The van der Waals surface area contributed by atoms with Gasteiger partial charge in [0, 0.05) is 13.6 Å². The third-order valence-electron chi connectivity index (χ3n) is 2.35. The first kappa shape index (κ1) is 12.7. The number of anilines is 1. The van der Waals surface area contributed by atoms with Gasteiger partial charge in [-0.15, -0.1) is 5.10 Å². The lowest BCUT2D eigenvalue weighted by molar-refractivity contribution is 0.603. The van der Waals surface area contributed by atoms with Crippen LogP contribution in [0.1, 0.15) is 13.3 Å². The van der Waals surface area contributed by atoms with Crippen molar-refractivity contribution in [1.29, 1.82) is 0 Å². The quantitative estimate of drug-likeness (QED) is 0.858. The van der Waals surface area contributed by atoms with Gasteiger partial charge in [-0.3, -0.25) is 4.57 Å². The van der Waals surface area contributed by atoms with Crippen LogP contribution in [-0.4, -0.2) is 26.8 Å². The van der Waals surface area contributed by atoms with Gasteiger partial charge >= 0.3 is 5.69 Å². The second kappa shape index (κ2) is 5.72. The van der Waals surface area contributed by atoms with E-state index in [0.717, 1.165) is 17.3 Å². The summed E-state index contributed by atoms with van der Waals surface area (Å²) in [4.78, 5) is 15.9. The summed E-state index contributed by atoms with van der Waals surface area (Å²) in [6.07, 6.45) is 0.886. The third-order valence-corrected chi connectivity index (χ3v) is 3.28. The zero-order valence-corrected chi connectivity index (χ0v) is 11.1. The van der Waals surface area contributed by atoms with Crippen LogP contribution < -0.4 is 11.0 Å². The van der Waals surface area contributed by atoms with Gasteiger partial charge < -0.3 is 5.32 Å². The van der Waals surface area contributed by atoms with Crippen molar-refractivity contribution in [3.05, 3.63) is 28.7 Å². The second-order valence-corrected chi connectivity index (χ2v) is 4.66. The number of nitrogens with one attached hydrogen (secondary N) is 2. The van der Waals surface area contributed by atoms with E-state index in [1.165, 1.54) is 11.8 Å². The smallest absolute Gasteiger partial charge is 0.343 e. The average molecular weight is 265 g/mol. The van der Waals surface area contributed by atoms with Gasteiger partial charge in [-0.2, -0.15) is 0 Å². The van der Waals surface area contributed by atoms with E-state index in [-0.39, 0.29) is 5.69 Å². The van der Waals surface area contributed by atoms with Crippen LogP contribution in [0.4, 0.5) is 5.82 Å². The number of H-pyrrole nitrogens is 1. The Morgan fingerprint density at radius 3 is 3.06 bits per heavy atom. The van der Waals surface area contributed by atoms with E-state index in [2.05, 4.69) is 20.5 Å². The third kappa shape index (κ3) is 2.73. The van der Waals surface area contributed by atoms with E-state index in [1.54, 1.807) is 4.57 Å². The lowest BCUT2D eigenvalue weighted by atomic mass is 10.5. The Morgan fingerprint density at radius 1 is 1.50 bits per heavy atom. The Bertz CT molecular complexity index is 577. The number of aromatic nitrogens is 4. The number of rotatable bonds is 5. The first-order chi connectivity index (χ1) is 8.74. The van der Waals surface area contributed by atoms with E-state index in [9.17, 15) is 4.79 Å². The molecular weight excluding hydrogens is 250 g/mol. The van der Waals surface area contributed by atoms with Crippen molar-refractivity contribution in [2.75, 3.05) is 12.4 Å². The lowest BCUT2D eigenvalue weighted by Gasteiger charge is -2.04. The minimum Gasteiger partial charge on any atom is -0.373 e. The van der Waals surface area contributed by atoms with E-state index < -0.39 is 0 Å². The molecule has 0 aliphatic rings. The molecule has 0 radical (unpaired) electrons. The summed E-state index contributed by atoms with van der Waals surface area (Å²) < 4.78 is 1.62. The van der Waals surface area contributed by atoms with Crippen LogP contribution in [-0.2, 0) is 6.54 Å². The minimum atomic E-state index is -0.177. The van der Waals surface area contributed by atoms with Crippen molar-refractivity contribution >= 4 is 17.6 Å². The number of aromatic amines is 1. The van der Waals surface area contributed by atoms with Gasteiger partial charge in [0.25, 0.3) is 0 Å². The van der Waals surface area contributed by atoms with Crippen molar-refractivity contribution in [2.45, 2.75) is 30.1 Å². The molecule has 2 N–H and O–H groups in total. The van der Waals surface area contributed by atoms with Gasteiger partial charge in [0.05, 0.1) is 0 Å². The molecule has 0 aromatic carbocycles. The highest BCUT2D eigenvalue weighted by Gasteiger charge is 2.10. The average Bonchev–Trinajstić information content (AvgIpc) is 2.72. The minimum absolute atomic E-state index is 0.177. The summed E-state index contributed by atoms with van der Waals surface area (Å²) >= 11 is 1.37. The molecule has 2 aromatic heterocycles. The SMILES string of the molecule is CCCn1c(Sc2cccc(NC)n2)n[nH]c1=O. The number of hydrogen-bond donors (Lipinski definition) is 2. The Kier molecular flexibility index (Phi) is 4.03.